The number of aliphatic hydroxyl groups excluding tert-OH is 1. The van der Waals surface area contributed by atoms with Crippen molar-refractivity contribution in [1.82, 2.24) is 0 Å². The standard InChI is InChI=1S/C16H18ClNO2/c1-20-11-12-5-4-6-13(9-12)18-10-16(19)14-7-2-3-8-15(14)17/h2-9,16,18-19H,10-11H2,1H3. The monoisotopic (exact) mass is 291 g/mol. The van der Waals surface area contributed by atoms with E-state index in [9.17, 15) is 5.11 Å². The first-order valence-corrected chi connectivity index (χ1v) is 6.82. The van der Waals surface area contributed by atoms with E-state index in [1.165, 1.54) is 0 Å². The Morgan fingerprint density at radius 3 is 2.75 bits per heavy atom. The SMILES string of the molecule is COCc1cccc(NCC(O)c2ccccc2Cl)c1. The Labute approximate surface area is 124 Å². The molecule has 0 aliphatic carbocycles. The predicted octanol–water partition coefficient (Wildman–Crippen LogP) is 3.63. The first-order valence-electron chi connectivity index (χ1n) is 6.45. The van der Waals surface area contributed by atoms with Gasteiger partial charge in [0.15, 0.2) is 0 Å². The van der Waals surface area contributed by atoms with Gasteiger partial charge in [-0.25, -0.2) is 0 Å². The summed E-state index contributed by atoms with van der Waals surface area (Å²) in [6, 6.07) is 15.2. The van der Waals surface area contributed by atoms with Crippen LogP contribution in [-0.2, 0) is 11.3 Å². The molecule has 0 saturated carbocycles. The summed E-state index contributed by atoms with van der Waals surface area (Å²) in [5.74, 6) is 0. The number of anilines is 1. The molecule has 2 aromatic rings. The molecule has 0 saturated heterocycles. The summed E-state index contributed by atoms with van der Waals surface area (Å²) in [5.41, 5.74) is 2.77. The number of methoxy groups -OCH3 is 1. The minimum atomic E-state index is -0.644. The Balaban J connectivity index is 1.98. The Bertz CT molecular complexity index is 560. The second-order valence-electron chi connectivity index (χ2n) is 4.55. The lowest BCUT2D eigenvalue weighted by atomic mass is 10.1. The third kappa shape index (κ3) is 3.97. The Morgan fingerprint density at radius 1 is 1.20 bits per heavy atom. The van der Waals surface area contributed by atoms with E-state index in [0.717, 1.165) is 16.8 Å². The Hall–Kier alpha value is -1.55. The largest absolute Gasteiger partial charge is 0.387 e. The van der Waals surface area contributed by atoms with Crippen LogP contribution in [0.3, 0.4) is 0 Å². The van der Waals surface area contributed by atoms with E-state index in [0.29, 0.717) is 18.2 Å². The van der Waals surface area contributed by atoms with E-state index in [2.05, 4.69) is 5.32 Å². The quantitative estimate of drug-likeness (QED) is 0.854. The summed E-state index contributed by atoms with van der Waals surface area (Å²) in [7, 11) is 1.67. The summed E-state index contributed by atoms with van der Waals surface area (Å²) in [4.78, 5) is 0. The maximum absolute atomic E-state index is 10.2. The second kappa shape index (κ2) is 7.29. The van der Waals surface area contributed by atoms with E-state index in [1.54, 1.807) is 13.2 Å². The van der Waals surface area contributed by atoms with Gasteiger partial charge in [-0.3, -0.25) is 0 Å². The highest BCUT2D eigenvalue weighted by Crippen LogP contribution is 2.23. The molecule has 0 fully saturated rings. The molecule has 4 heteroatoms. The Morgan fingerprint density at radius 2 is 2.00 bits per heavy atom. The molecular formula is C16H18ClNO2. The van der Waals surface area contributed by atoms with Gasteiger partial charge in [-0.2, -0.15) is 0 Å². The first-order chi connectivity index (χ1) is 9.70. The van der Waals surface area contributed by atoms with Crippen molar-refractivity contribution in [1.29, 1.82) is 0 Å². The molecule has 0 aromatic heterocycles. The van der Waals surface area contributed by atoms with Crippen molar-refractivity contribution >= 4 is 17.3 Å². The average Bonchev–Trinajstić information content (AvgIpc) is 2.46. The van der Waals surface area contributed by atoms with Crippen LogP contribution in [0.25, 0.3) is 0 Å². The number of benzene rings is 2. The first kappa shape index (κ1) is 14.9. The van der Waals surface area contributed by atoms with Crippen molar-refractivity contribution in [2.24, 2.45) is 0 Å². The molecule has 2 N–H and O–H groups in total. The van der Waals surface area contributed by atoms with Gasteiger partial charge in [0.1, 0.15) is 0 Å². The third-order valence-corrected chi connectivity index (χ3v) is 3.35. The maximum Gasteiger partial charge on any atom is 0.0976 e. The van der Waals surface area contributed by atoms with Crippen molar-refractivity contribution < 1.29 is 9.84 Å². The van der Waals surface area contributed by atoms with Crippen molar-refractivity contribution in [3.8, 4) is 0 Å². The van der Waals surface area contributed by atoms with E-state index < -0.39 is 6.10 Å². The molecule has 3 nitrogen and oxygen atoms in total. The number of halogens is 1. The smallest absolute Gasteiger partial charge is 0.0976 e. The highest BCUT2D eigenvalue weighted by Gasteiger charge is 2.10. The van der Waals surface area contributed by atoms with Crippen LogP contribution in [0.15, 0.2) is 48.5 Å². The lowest BCUT2D eigenvalue weighted by Crippen LogP contribution is -2.12. The van der Waals surface area contributed by atoms with Gasteiger partial charge in [0.2, 0.25) is 0 Å². The fourth-order valence-electron chi connectivity index (χ4n) is 2.01. The van der Waals surface area contributed by atoms with Crippen LogP contribution >= 0.6 is 11.6 Å². The number of ether oxygens (including phenoxy) is 1. The van der Waals surface area contributed by atoms with Crippen LogP contribution in [-0.4, -0.2) is 18.8 Å². The zero-order valence-corrected chi connectivity index (χ0v) is 12.1. The molecule has 0 heterocycles. The highest BCUT2D eigenvalue weighted by atomic mass is 35.5. The minimum absolute atomic E-state index is 0.403. The van der Waals surface area contributed by atoms with Gasteiger partial charge in [-0.05, 0) is 23.8 Å². The van der Waals surface area contributed by atoms with Crippen LogP contribution in [0, 0.1) is 0 Å². The molecule has 0 aliphatic rings. The summed E-state index contributed by atoms with van der Waals surface area (Å²) in [6.45, 7) is 0.975. The van der Waals surface area contributed by atoms with Gasteiger partial charge < -0.3 is 15.2 Å². The summed E-state index contributed by atoms with van der Waals surface area (Å²) in [6.07, 6.45) is -0.644. The zero-order chi connectivity index (χ0) is 14.4. The van der Waals surface area contributed by atoms with Crippen molar-refractivity contribution in [2.45, 2.75) is 12.7 Å². The summed E-state index contributed by atoms with van der Waals surface area (Å²) in [5, 5.41) is 13.9. The van der Waals surface area contributed by atoms with Gasteiger partial charge in [0.05, 0.1) is 12.7 Å². The molecule has 106 valence electrons. The van der Waals surface area contributed by atoms with Crippen LogP contribution < -0.4 is 5.32 Å². The number of hydrogen-bond acceptors (Lipinski definition) is 3. The molecule has 0 radical (unpaired) electrons. The van der Waals surface area contributed by atoms with E-state index >= 15 is 0 Å². The molecule has 0 bridgehead atoms. The lowest BCUT2D eigenvalue weighted by Gasteiger charge is -2.15. The van der Waals surface area contributed by atoms with Crippen molar-refractivity contribution in [3.63, 3.8) is 0 Å². The minimum Gasteiger partial charge on any atom is -0.387 e. The van der Waals surface area contributed by atoms with Crippen LogP contribution in [0.4, 0.5) is 5.69 Å². The number of hydrogen-bond donors (Lipinski definition) is 2. The molecule has 1 unspecified atom stereocenters. The molecule has 0 aliphatic heterocycles. The fraction of sp³-hybridized carbons (Fsp3) is 0.250. The summed E-state index contributed by atoms with van der Waals surface area (Å²) < 4.78 is 5.10. The average molecular weight is 292 g/mol. The maximum atomic E-state index is 10.2. The highest BCUT2D eigenvalue weighted by molar-refractivity contribution is 6.31. The summed E-state index contributed by atoms with van der Waals surface area (Å²) >= 11 is 6.06. The zero-order valence-electron chi connectivity index (χ0n) is 11.3. The van der Waals surface area contributed by atoms with Crippen molar-refractivity contribution in [3.05, 3.63) is 64.7 Å². The molecule has 2 rings (SSSR count). The normalized spacial score (nSPS) is 12.2. The molecule has 1 atom stereocenters. The Kier molecular flexibility index (Phi) is 5.41. The molecule has 0 spiro atoms. The van der Waals surface area contributed by atoms with Crippen LogP contribution in [0.2, 0.25) is 5.02 Å². The third-order valence-electron chi connectivity index (χ3n) is 3.00. The molecule has 0 amide bonds. The van der Waals surface area contributed by atoms with Crippen LogP contribution in [0.5, 0.6) is 0 Å². The van der Waals surface area contributed by atoms with E-state index in [4.69, 9.17) is 16.3 Å². The number of nitrogens with one attached hydrogen (secondary N) is 1. The number of rotatable bonds is 6. The topological polar surface area (TPSA) is 41.5 Å². The fourth-order valence-corrected chi connectivity index (χ4v) is 2.27. The van der Waals surface area contributed by atoms with E-state index in [1.807, 2.05) is 42.5 Å². The van der Waals surface area contributed by atoms with Gasteiger partial charge in [-0.15, -0.1) is 0 Å². The predicted molar refractivity (Wildman–Crippen MR) is 82.1 cm³/mol. The second-order valence-corrected chi connectivity index (χ2v) is 4.96. The van der Waals surface area contributed by atoms with Crippen molar-refractivity contribution in [2.75, 3.05) is 19.0 Å². The van der Waals surface area contributed by atoms with E-state index in [-0.39, 0.29) is 0 Å². The molecule has 20 heavy (non-hydrogen) atoms. The molecular weight excluding hydrogens is 274 g/mol. The van der Waals surface area contributed by atoms with Crippen LogP contribution in [0.1, 0.15) is 17.2 Å². The van der Waals surface area contributed by atoms with Gasteiger partial charge >= 0.3 is 0 Å². The van der Waals surface area contributed by atoms with Gasteiger partial charge in [-0.1, -0.05) is 41.9 Å². The number of aliphatic hydroxyl groups is 1. The lowest BCUT2D eigenvalue weighted by molar-refractivity contribution is 0.185. The molecule has 2 aromatic carbocycles. The van der Waals surface area contributed by atoms with Gasteiger partial charge in [0.25, 0.3) is 0 Å². The van der Waals surface area contributed by atoms with Gasteiger partial charge in [0, 0.05) is 29.9 Å².